The van der Waals surface area contributed by atoms with Gasteiger partial charge in [-0.05, 0) is 32.5 Å². The summed E-state index contributed by atoms with van der Waals surface area (Å²) in [6.45, 7) is 10.0. The topological polar surface area (TPSA) is 24.1 Å². The number of rotatable bonds is 6. The van der Waals surface area contributed by atoms with Crippen molar-refractivity contribution in [3.05, 3.63) is 35.6 Å². The van der Waals surface area contributed by atoms with E-state index < -0.39 is 0 Å². The van der Waals surface area contributed by atoms with E-state index in [4.69, 9.17) is 0 Å². The summed E-state index contributed by atoms with van der Waals surface area (Å²) < 4.78 is 13.8. The number of hydrogen-bond acceptors (Lipinski definition) is 2. The third kappa shape index (κ3) is 4.07. The van der Waals surface area contributed by atoms with Crippen molar-refractivity contribution in [1.29, 1.82) is 0 Å². The Morgan fingerprint density at radius 3 is 2.22 bits per heavy atom. The van der Waals surface area contributed by atoms with E-state index in [9.17, 15) is 4.39 Å². The van der Waals surface area contributed by atoms with Crippen molar-refractivity contribution >= 4 is 0 Å². The average Bonchev–Trinajstić information content (AvgIpc) is 2.27. The molecule has 0 saturated carbocycles. The molecule has 0 aromatic heterocycles. The lowest BCUT2D eigenvalue weighted by Crippen LogP contribution is -2.50. The van der Waals surface area contributed by atoms with Gasteiger partial charge in [0.05, 0.1) is 0 Å². The van der Waals surface area contributed by atoms with Gasteiger partial charge >= 0.3 is 0 Å². The van der Waals surface area contributed by atoms with E-state index in [1.54, 1.807) is 6.07 Å². The molecule has 0 saturated heterocycles. The van der Waals surface area contributed by atoms with Crippen LogP contribution in [0.15, 0.2) is 24.3 Å². The first-order valence-electron chi connectivity index (χ1n) is 6.43. The summed E-state index contributed by atoms with van der Waals surface area (Å²) in [5.41, 5.74) is 0.533. The van der Waals surface area contributed by atoms with Crippen molar-refractivity contribution in [1.82, 2.24) is 10.6 Å². The van der Waals surface area contributed by atoms with E-state index in [-0.39, 0.29) is 16.8 Å². The molecule has 3 heteroatoms. The molecule has 0 radical (unpaired) electrons. The molecular formula is C15H25FN2. The van der Waals surface area contributed by atoms with Gasteiger partial charge in [-0.2, -0.15) is 0 Å². The maximum Gasteiger partial charge on any atom is 0.126 e. The van der Waals surface area contributed by atoms with Gasteiger partial charge in [0.1, 0.15) is 5.82 Å². The van der Waals surface area contributed by atoms with Crippen LogP contribution in [0, 0.1) is 5.82 Å². The fourth-order valence-electron chi connectivity index (χ4n) is 2.07. The van der Waals surface area contributed by atoms with Crippen LogP contribution in [0.25, 0.3) is 0 Å². The van der Waals surface area contributed by atoms with E-state index in [2.05, 4.69) is 38.3 Å². The second-order valence-electron chi connectivity index (χ2n) is 6.13. The van der Waals surface area contributed by atoms with Crippen LogP contribution in [-0.4, -0.2) is 25.7 Å². The van der Waals surface area contributed by atoms with Crippen LogP contribution in [0.2, 0.25) is 0 Å². The first kappa shape index (κ1) is 15.1. The molecule has 102 valence electrons. The molecule has 0 bridgehead atoms. The largest absolute Gasteiger partial charge is 0.318 e. The molecule has 2 N–H and O–H groups in total. The highest BCUT2D eigenvalue weighted by molar-refractivity contribution is 5.26. The number of likely N-dealkylation sites (N-methyl/N-ethyl adjacent to an activating group) is 1. The Balaban J connectivity index is 2.74. The van der Waals surface area contributed by atoms with Crippen molar-refractivity contribution < 1.29 is 4.39 Å². The average molecular weight is 252 g/mol. The van der Waals surface area contributed by atoms with Crippen molar-refractivity contribution in [2.75, 3.05) is 20.1 Å². The summed E-state index contributed by atoms with van der Waals surface area (Å²) >= 11 is 0. The van der Waals surface area contributed by atoms with Gasteiger partial charge in [-0.3, -0.25) is 0 Å². The molecule has 2 nitrogen and oxygen atoms in total. The van der Waals surface area contributed by atoms with Gasteiger partial charge in [0, 0.05) is 24.0 Å². The Morgan fingerprint density at radius 1 is 1.06 bits per heavy atom. The van der Waals surface area contributed by atoms with Gasteiger partial charge in [0.15, 0.2) is 0 Å². The molecule has 1 aromatic carbocycles. The number of hydrogen-bond donors (Lipinski definition) is 2. The molecule has 0 spiro atoms. The maximum atomic E-state index is 13.8. The number of halogens is 1. The summed E-state index contributed by atoms with van der Waals surface area (Å²) in [6, 6.07) is 7.00. The zero-order valence-electron chi connectivity index (χ0n) is 12.1. The Kier molecular flexibility index (Phi) is 4.88. The molecule has 0 heterocycles. The lowest BCUT2D eigenvalue weighted by Gasteiger charge is -2.33. The summed E-state index contributed by atoms with van der Waals surface area (Å²) in [6.07, 6.45) is 0. The standard InChI is InChI=1S/C15H25FN2/c1-14(2,10-18-15(3,4)11-17-5)12-8-6-7-9-13(12)16/h6-9,17-18H,10-11H2,1-5H3. The minimum atomic E-state index is -0.226. The third-order valence-electron chi connectivity index (χ3n) is 3.23. The molecule has 0 unspecified atom stereocenters. The minimum Gasteiger partial charge on any atom is -0.318 e. The van der Waals surface area contributed by atoms with E-state index >= 15 is 0 Å². The van der Waals surface area contributed by atoms with E-state index in [1.807, 2.05) is 19.2 Å². The lowest BCUT2D eigenvalue weighted by atomic mass is 9.83. The maximum absolute atomic E-state index is 13.8. The van der Waals surface area contributed by atoms with Gasteiger partial charge in [-0.1, -0.05) is 32.0 Å². The van der Waals surface area contributed by atoms with Crippen LogP contribution < -0.4 is 10.6 Å². The zero-order valence-corrected chi connectivity index (χ0v) is 12.1. The summed E-state index contributed by atoms with van der Waals surface area (Å²) in [5.74, 6) is -0.129. The Hall–Kier alpha value is -0.930. The summed E-state index contributed by atoms with van der Waals surface area (Å²) in [4.78, 5) is 0. The molecule has 1 aromatic rings. The van der Waals surface area contributed by atoms with Gasteiger partial charge in [0.25, 0.3) is 0 Å². The van der Waals surface area contributed by atoms with Gasteiger partial charge in [-0.15, -0.1) is 0 Å². The highest BCUT2D eigenvalue weighted by Crippen LogP contribution is 2.25. The molecule has 0 aliphatic carbocycles. The van der Waals surface area contributed by atoms with Gasteiger partial charge in [-0.25, -0.2) is 4.39 Å². The fourth-order valence-corrected chi connectivity index (χ4v) is 2.07. The molecule has 18 heavy (non-hydrogen) atoms. The van der Waals surface area contributed by atoms with Gasteiger partial charge in [0.2, 0.25) is 0 Å². The highest BCUT2D eigenvalue weighted by Gasteiger charge is 2.26. The van der Waals surface area contributed by atoms with Crippen LogP contribution in [0.4, 0.5) is 4.39 Å². The zero-order chi connectivity index (χ0) is 13.8. The van der Waals surface area contributed by atoms with Crippen molar-refractivity contribution in [2.24, 2.45) is 0 Å². The number of benzene rings is 1. The second kappa shape index (κ2) is 5.81. The Morgan fingerprint density at radius 2 is 1.67 bits per heavy atom. The Bertz CT molecular complexity index is 386. The summed E-state index contributed by atoms with van der Waals surface area (Å²) in [5, 5.41) is 6.66. The second-order valence-corrected chi connectivity index (χ2v) is 6.13. The molecule has 0 aliphatic rings. The van der Waals surface area contributed by atoms with Crippen LogP contribution >= 0.6 is 0 Å². The smallest absolute Gasteiger partial charge is 0.126 e. The van der Waals surface area contributed by atoms with Crippen LogP contribution in [0.3, 0.4) is 0 Å². The Labute approximate surface area is 110 Å². The molecule has 0 aliphatic heterocycles. The molecular weight excluding hydrogens is 227 g/mol. The first-order valence-corrected chi connectivity index (χ1v) is 6.43. The normalized spacial score (nSPS) is 12.8. The molecule has 0 amide bonds. The minimum absolute atomic E-state index is 0.00270. The number of nitrogens with one attached hydrogen (secondary N) is 2. The van der Waals surface area contributed by atoms with E-state index in [1.165, 1.54) is 6.07 Å². The SMILES string of the molecule is CNCC(C)(C)NCC(C)(C)c1ccccc1F. The highest BCUT2D eigenvalue weighted by atomic mass is 19.1. The third-order valence-corrected chi connectivity index (χ3v) is 3.23. The molecule has 0 fully saturated rings. The molecule has 0 atom stereocenters. The van der Waals surface area contributed by atoms with Crippen molar-refractivity contribution in [3.8, 4) is 0 Å². The lowest BCUT2D eigenvalue weighted by molar-refractivity contribution is 0.328. The molecule has 1 rings (SSSR count). The predicted octanol–water partition coefficient (Wildman–Crippen LogP) is 2.69. The van der Waals surface area contributed by atoms with E-state index in [0.29, 0.717) is 0 Å². The monoisotopic (exact) mass is 252 g/mol. The van der Waals surface area contributed by atoms with Crippen LogP contribution in [0.5, 0.6) is 0 Å². The summed E-state index contributed by atoms with van der Waals surface area (Å²) in [7, 11) is 1.94. The van der Waals surface area contributed by atoms with Crippen molar-refractivity contribution in [3.63, 3.8) is 0 Å². The van der Waals surface area contributed by atoms with E-state index in [0.717, 1.165) is 18.7 Å². The van der Waals surface area contributed by atoms with Gasteiger partial charge < -0.3 is 10.6 Å². The van der Waals surface area contributed by atoms with Crippen molar-refractivity contribution in [2.45, 2.75) is 38.6 Å². The first-order chi connectivity index (χ1) is 8.28. The predicted molar refractivity (Wildman–Crippen MR) is 75.4 cm³/mol. The van der Waals surface area contributed by atoms with Crippen LogP contribution in [-0.2, 0) is 5.41 Å². The van der Waals surface area contributed by atoms with Crippen LogP contribution in [0.1, 0.15) is 33.3 Å². The fraction of sp³-hybridized carbons (Fsp3) is 0.600. The quantitative estimate of drug-likeness (QED) is 0.813.